The van der Waals surface area contributed by atoms with E-state index in [0.717, 1.165) is 0 Å². The summed E-state index contributed by atoms with van der Waals surface area (Å²) in [7, 11) is 1.44. The number of hydrogen-bond acceptors (Lipinski definition) is 5. The third kappa shape index (κ3) is 6.14. The van der Waals surface area contributed by atoms with Crippen molar-refractivity contribution in [2.45, 2.75) is 12.8 Å². The van der Waals surface area contributed by atoms with Crippen molar-refractivity contribution in [3.63, 3.8) is 0 Å². The molecule has 0 saturated carbocycles. The van der Waals surface area contributed by atoms with Gasteiger partial charge in [0.05, 0.1) is 13.3 Å². The normalized spacial score (nSPS) is 10.5. The number of anilines is 1. The van der Waals surface area contributed by atoms with Gasteiger partial charge in [0.25, 0.3) is 0 Å². The van der Waals surface area contributed by atoms with Crippen LogP contribution in [0.5, 0.6) is 11.5 Å². The van der Waals surface area contributed by atoms with Gasteiger partial charge in [0.15, 0.2) is 11.5 Å². The number of ether oxygens (including phenoxy) is 1. The molecule has 0 spiro atoms. The van der Waals surface area contributed by atoms with Crippen LogP contribution >= 0.6 is 11.6 Å². The molecule has 7 nitrogen and oxygen atoms in total. The molecule has 0 aromatic heterocycles. The summed E-state index contributed by atoms with van der Waals surface area (Å²) in [6.07, 6.45) is 3.10. The molecule has 2 amide bonds. The number of rotatable bonds is 8. The van der Waals surface area contributed by atoms with Crippen molar-refractivity contribution in [1.82, 2.24) is 5.43 Å². The molecule has 0 saturated heterocycles. The van der Waals surface area contributed by atoms with E-state index in [2.05, 4.69) is 22.4 Å². The molecule has 146 valence electrons. The standard InChI is InChI=1S/C20H20ClN3O4/c1-3-4-14-9-13(10-17(28-2)20(14)27)12-22-24-19(26)11-18(25)23-16-7-5-15(21)6-8-16/h3,5-10,12,27H,1,4,11H2,2H3,(H,23,25)(H,24,26)/b22-12+. The summed E-state index contributed by atoms with van der Waals surface area (Å²) in [5, 5.41) is 17.0. The number of amides is 2. The fourth-order valence-electron chi connectivity index (χ4n) is 2.33. The largest absolute Gasteiger partial charge is 0.504 e. The lowest BCUT2D eigenvalue weighted by molar-refractivity contribution is -0.126. The Labute approximate surface area is 167 Å². The van der Waals surface area contributed by atoms with E-state index in [1.54, 1.807) is 42.5 Å². The number of halogens is 1. The molecule has 0 atom stereocenters. The van der Waals surface area contributed by atoms with Crippen LogP contribution in [0.25, 0.3) is 0 Å². The van der Waals surface area contributed by atoms with Crippen LogP contribution < -0.4 is 15.5 Å². The smallest absolute Gasteiger partial charge is 0.249 e. The zero-order valence-electron chi connectivity index (χ0n) is 15.2. The van der Waals surface area contributed by atoms with E-state index in [-0.39, 0.29) is 17.9 Å². The molecule has 28 heavy (non-hydrogen) atoms. The number of hydrazone groups is 1. The zero-order valence-corrected chi connectivity index (χ0v) is 16.0. The number of allylic oxidation sites excluding steroid dienone is 1. The fraction of sp³-hybridized carbons (Fsp3) is 0.150. The molecule has 2 aromatic rings. The Hall–Kier alpha value is -3.32. The number of phenols is 1. The van der Waals surface area contributed by atoms with Gasteiger partial charge in [-0.2, -0.15) is 5.10 Å². The summed E-state index contributed by atoms with van der Waals surface area (Å²) in [6, 6.07) is 9.81. The fourth-order valence-corrected chi connectivity index (χ4v) is 2.46. The molecular formula is C20H20ClN3O4. The monoisotopic (exact) mass is 401 g/mol. The van der Waals surface area contributed by atoms with Gasteiger partial charge in [0.1, 0.15) is 6.42 Å². The van der Waals surface area contributed by atoms with Gasteiger partial charge >= 0.3 is 0 Å². The highest BCUT2D eigenvalue weighted by Gasteiger charge is 2.10. The van der Waals surface area contributed by atoms with Crippen molar-refractivity contribution in [3.8, 4) is 11.5 Å². The van der Waals surface area contributed by atoms with Crippen molar-refractivity contribution in [2.24, 2.45) is 5.10 Å². The first kappa shape index (κ1) is 21.0. The number of phenolic OH excluding ortho intramolecular Hbond substituents is 1. The van der Waals surface area contributed by atoms with Gasteiger partial charge in [-0.05, 0) is 48.4 Å². The van der Waals surface area contributed by atoms with Crippen LogP contribution in [0.4, 0.5) is 5.69 Å². The molecule has 0 aliphatic carbocycles. The van der Waals surface area contributed by atoms with E-state index in [1.165, 1.54) is 13.3 Å². The van der Waals surface area contributed by atoms with Gasteiger partial charge in [-0.15, -0.1) is 6.58 Å². The molecule has 0 heterocycles. The molecule has 0 aliphatic heterocycles. The van der Waals surface area contributed by atoms with Crippen molar-refractivity contribution in [2.75, 3.05) is 12.4 Å². The maximum Gasteiger partial charge on any atom is 0.249 e. The molecule has 0 fully saturated rings. The van der Waals surface area contributed by atoms with Crippen molar-refractivity contribution in [3.05, 3.63) is 65.2 Å². The average molecular weight is 402 g/mol. The first-order valence-electron chi connectivity index (χ1n) is 8.31. The number of carbonyl (C=O) groups excluding carboxylic acids is 2. The summed E-state index contributed by atoms with van der Waals surface area (Å²) >= 11 is 5.78. The van der Waals surface area contributed by atoms with Gasteiger partial charge < -0.3 is 15.2 Å². The second-order valence-corrected chi connectivity index (χ2v) is 6.19. The molecule has 2 aromatic carbocycles. The van der Waals surface area contributed by atoms with E-state index >= 15 is 0 Å². The molecule has 0 radical (unpaired) electrons. The minimum atomic E-state index is -0.570. The van der Waals surface area contributed by atoms with Crippen molar-refractivity contribution < 1.29 is 19.4 Å². The van der Waals surface area contributed by atoms with Gasteiger partial charge in [-0.25, -0.2) is 5.43 Å². The minimum Gasteiger partial charge on any atom is -0.504 e. The quantitative estimate of drug-likeness (QED) is 0.273. The van der Waals surface area contributed by atoms with Gasteiger partial charge in [-0.1, -0.05) is 17.7 Å². The summed E-state index contributed by atoms with van der Waals surface area (Å²) in [4.78, 5) is 23.7. The molecule has 0 aliphatic rings. The number of nitrogens with one attached hydrogen (secondary N) is 2. The SMILES string of the molecule is C=CCc1cc(/C=N/NC(=O)CC(=O)Nc2ccc(Cl)cc2)cc(OC)c1O. The van der Waals surface area contributed by atoms with Crippen LogP contribution in [0, 0.1) is 0 Å². The summed E-state index contributed by atoms with van der Waals surface area (Å²) in [5.74, 6) is -0.730. The zero-order chi connectivity index (χ0) is 20.5. The highest BCUT2D eigenvalue weighted by Crippen LogP contribution is 2.31. The molecule has 0 unspecified atom stereocenters. The molecule has 8 heteroatoms. The van der Waals surface area contributed by atoms with E-state index in [9.17, 15) is 14.7 Å². The van der Waals surface area contributed by atoms with Crippen LogP contribution in [0.2, 0.25) is 5.02 Å². The topological polar surface area (TPSA) is 100 Å². The Morgan fingerprint density at radius 1 is 1.25 bits per heavy atom. The number of carbonyl (C=O) groups is 2. The number of methoxy groups -OCH3 is 1. The molecule has 3 N–H and O–H groups in total. The summed E-state index contributed by atoms with van der Waals surface area (Å²) in [5.41, 5.74) is 4.05. The minimum absolute atomic E-state index is 0.0301. The van der Waals surface area contributed by atoms with Crippen LogP contribution in [-0.2, 0) is 16.0 Å². The molecular weight excluding hydrogens is 382 g/mol. The predicted molar refractivity (Wildman–Crippen MR) is 109 cm³/mol. The van der Waals surface area contributed by atoms with Crippen LogP contribution in [0.1, 0.15) is 17.5 Å². The van der Waals surface area contributed by atoms with Crippen LogP contribution in [0.3, 0.4) is 0 Å². The Morgan fingerprint density at radius 3 is 2.61 bits per heavy atom. The number of aromatic hydroxyl groups is 1. The average Bonchev–Trinajstić information content (AvgIpc) is 2.66. The van der Waals surface area contributed by atoms with E-state index in [0.29, 0.717) is 28.3 Å². The first-order valence-corrected chi connectivity index (χ1v) is 8.68. The van der Waals surface area contributed by atoms with Crippen molar-refractivity contribution >= 4 is 35.3 Å². The maximum atomic E-state index is 11.9. The number of benzene rings is 2. The lowest BCUT2D eigenvalue weighted by atomic mass is 10.1. The lowest BCUT2D eigenvalue weighted by Crippen LogP contribution is -2.24. The van der Waals surface area contributed by atoms with Crippen molar-refractivity contribution in [1.29, 1.82) is 0 Å². The first-order chi connectivity index (χ1) is 13.4. The van der Waals surface area contributed by atoms with Crippen LogP contribution in [-0.4, -0.2) is 30.2 Å². The number of nitrogens with zero attached hydrogens (tertiary/aromatic N) is 1. The third-order valence-electron chi connectivity index (χ3n) is 3.61. The molecule has 0 bridgehead atoms. The number of hydrogen-bond donors (Lipinski definition) is 3. The Bertz CT molecular complexity index is 895. The highest BCUT2D eigenvalue weighted by molar-refractivity contribution is 6.30. The predicted octanol–water partition coefficient (Wildman–Crippen LogP) is 3.26. The van der Waals surface area contributed by atoms with E-state index in [4.69, 9.17) is 16.3 Å². The van der Waals surface area contributed by atoms with Crippen LogP contribution in [0.15, 0.2) is 54.2 Å². The second-order valence-electron chi connectivity index (χ2n) is 5.75. The van der Waals surface area contributed by atoms with E-state index < -0.39 is 11.8 Å². The second kappa shape index (κ2) is 10.1. The Balaban J connectivity index is 1.93. The summed E-state index contributed by atoms with van der Waals surface area (Å²) < 4.78 is 5.12. The molecule has 2 rings (SSSR count). The van der Waals surface area contributed by atoms with Gasteiger partial charge in [0, 0.05) is 16.3 Å². The lowest BCUT2D eigenvalue weighted by Gasteiger charge is -2.09. The Morgan fingerprint density at radius 2 is 1.96 bits per heavy atom. The Kier molecular flexibility index (Phi) is 7.59. The van der Waals surface area contributed by atoms with Gasteiger partial charge in [0.2, 0.25) is 11.8 Å². The third-order valence-corrected chi connectivity index (χ3v) is 3.86. The van der Waals surface area contributed by atoms with Gasteiger partial charge in [-0.3, -0.25) is 9.59 Å². The summed E-state index contributed by atoms with van der Waals surface area (Å²) in [6.45, 7) is 3.64. The van der Waals surface area contributed by atoms with E-state index in [1.807, 2.05) is 0 Å². The maximum absolute atomic E-state index is 11.9. The highest BCUT2D eigenvalue weighted by atomic mass is 35.5.